The van der Waals surface area contributed by atoms with E-state index in [-0.39, 0.29) is 5.91 Å². The SMILES string of the molecule is CN(C)C(=S)Nc1ccc(NNC(=O)CCCCl)cc1. The van der Waals surface area contributed by atoms with E-state index in [2.05, 4.69) is 16.2 Å². The zero-order chi connectivity index (χ0) is 15.0. The summed E-state index contributed by atoms with van der Waals surface area (Å²) in [5, 5.41) is 3.73. The lowest BCUT2D eigenvalue weighted by atomic mass is 10.3. The first-order valence-corrected chi connectivity index (χ1v) is 7.16. The minimum absolute atomic E-state index is 0.0818. The molecule has 0 aliphatic carbocycles. The van der Waals surface area contributed by atoms with Crippen LogP contribution in [0.2, 0.25) is 0 Å². The summed E-state index contributed by atoms with van der Waals surface area (Å²) >= 11 is 10.7. The van der Waals surface area contributed by atoms with Crippen molar-refractivity contribution < 1.29 is 4.79 Å². The van der Waals surface area contributed by atoms with Crippen molar-refractivity contribution in [1.82, 2.24) is 10.3 Å². The molecule has 0 heterocycles. The molecule has 0 aliphatic heterocycles. The van der Waals surface area contributed by atoms with E-state index < -0.39 is 0 Å². The Hall–Kier alpha value is -1.53. The van der Waals surface area contributed by atoms with Gasteiger partial charge in [-0.15, -0.1) is 11.6 Å². The number of amides is 1. The Balaban J connectivity index is 2.42. The maximum Gasteiger partial charge on any atom is 0.238 e. The number of anilines is 2. The van der Waals surface area contributed by atoms with Crippen molar-refractivity contribution >= 4 is 46.2 Å². The third-order valence-corrected chi connectivity index (χ3v) is 3.16. The second-order valence-corrected chi connectivity index (χ2v) is 5.13. The molecule has 0 spiro atoms. The molecule has 1 aromatic rings. The molecule has 1 aromatic carbocycles. The first-order valence-electron chi connectivity index (χ1n) is 6.22. The van der Waals surface area contributed by atoms with Gasteiger partial charge in [-0.25, -0.2) is 0 Å². The predicted molar refractivity (Wildman–Crippen MR) is 88.1 cm³/mol. The number of halogens is 1. The van der Waals surface area contributed by atoms with E-state index >= 15 is 0 Å². The summed E-state index contributed by atoms with van der Waals surface area (Å²) in [4.78, 5) is 13.2. The third-order valence-electron chi connectivity index (χ3n) is 2.43. The van der Waals surface area contributed by atoms with Gasteiger partial charge in [0.2, 0.25) is 5.91 Å². The average Bonchev–Trinajstić information content (AvgIpc) is 2.44. The number of alkyl halides is 1. The van der Waals surface area contributed by atoms with Crippen LogP contribution in [-0.4, -0.2) is 35.9 Å². The molecule has 3 N–H and O–H groups in total. The van der Waals surface area contributed by atoms with Crippen molar-refractivity contribution in [3.63, 3.8) is 0 Å². The Morgan fingerprint density at radius 3 is 2.40 bits per heavy atom. The van der Waals surface area contributed by atoms with Crippen molar-refractivity contribution in [1.29, 1.82) is 0 Å². The fraction of sp³-hybridized carbons (Fsp3) is 0.385. The third kappa shape index (κ3) is 6.08. The summed E-state index contributed by atoms with van der Waals surface area (Å²) in [5.41, 5.74) is 7.14. The fourth-order valence-electron chi connectivity index (χ4n) is 1.30. The fourth-order valence-corrected chi connectivity index (χ4v) is 1.56. The van der Waals surface area contributed by atoms with Gasteiger partial charge < -0.3 is 10.2 Å². The summed E-state index contributed by atoms with van der Waals surface area (Å²) in [6.07, 6.45) is 1.08. The summed E-state index contributed by atoms with van der Waals surface area (Å²) < 4.78 is 0. The number of hydrazine groups is 1. The molecule has 5 nitrogen and oxygen atoms in total. The molecule has 0 radical (unpaired) electrons. The highest BCUT2D eigenvalue weighted by atomic mass is 35.5. The largest absolute Gasteiger partial charge is 0.355 e. The van der Waals surface area contributed by atoms with Crippen LogP contribution in [0.5, 0.6) is 0 Å². The minimum atomic E-state index is -0.0818. The van der Waals surface area contributed by atoms with Crippen LogP contribution in [0.15, 0.2) is 24.3 Å². The lowest BCUT2D eigenvalue weighted by molar-refractivity contribution is -0.120. The van der Waals surface area contributed by atoms with Crippen LogP contribution in [0.1, 0.15) is 12.8 Å². The van der Waals surface area contributed by atoms with Gasteiger partial charge in [0.1, 0.15) is 0 Å². The van der Waals surface area contributed by atoms with E-state index in [0.717, 1.165) is 11.4 Å². The molecule has 0 saturated carbocycles. The molecule has 7 heteroatoms. The zero-order valence-corrected chi connectivity index (χ0v) is 13.1. The van der Waals surface area contributed by atoms with Crippen LogP contribution < -0.4 is 16.2 Å². The smallest absolute Gasteiger partial charge is 0.238 e. The molecule has 1 amide bonds. The Morgan fingerprint density at radius 2 is 1.85 bits per heavy atom. The molecule has 0 atom stereocenters. The summed E-state index contributed by atoms with van der Waals surface area (Å²) in [5.74, 6) is 0.404. The number of benzene rings is 1. The quantitative estimate of drug-likeness (QED) is 0.428. The van der Waals surface area contributed by atoms with Gasteiger partial charge >= 0.3 is 0 Å². The first kappa shape index (κ1) is 16.5. The number of hydrogen-bond acceptors (Lipinski definition) is 3. The maximum atomic E-state index is 11.4. The Bertz CT molecular complexity index is 450. The van der Waals surface area contributed by atoms with Gasteiger partial charge in [0, 0.05) is 32.1 Å². The number of carbonyl (C=O) groups excluding carboxylic acids is 1. The molecular formula is C13H19ClN4OS. The number of nitrogens with one attached hydrogen (secondary N) is 3. The van der Waals surface area contributed by atoms with Gasteiger partial charge in [-0.3, -0.25) is 15.6 Å². The molecular weight excluding hydrogens is 296 g/mol. The van der Waals surface area contributed by atoms with Gasteiger partial charge in [0.25, 0.3) is 0 Å². The van der Waals surface area contributed by atoms with Crippen LogP contribution in [0, 0.1) is 0 Å². The normalized spacial score (nSPS) is 9.75. The van der Waals surface area contributed by atoms with Crippen LogP contribution >= 0.6 is 23.8 Å². The van der Waals surface area contributed by atoms with Crippen molar-refractivity contribution in [3.05, 3.63) is 24.3 Å². The van der Waals surface area contributed by atoms with Gasteiger partial charge in [0.15, 0.2) is 5.11 Å². The summed E-state index contributed by atoms with van der Waals surface area (Å²) in [6, 6.07) is 7.46. The molecule has 0 bridgehead atoms. The molecule has 20 heavy (non-hydrogen) atoms. The number of carbonyl (C=O) groups is 1. The Labute approximate surface area is 129 Å². The van der Waals surface area contributed by atoms with Crippen molar-refractivity contribution in [2.24, 2.45) is 0 Å². The molecule has 0 saturated heterocycles. The number of thiocarbonyl (C=S) groups is 1. The molecule has 1 rings (SSSR count). The highest BCUT2D eigenvalue weighted by molar-refractivity contribution is 7.80. The number of hydrogen-bond donors (Lipinski definition) is 3. The second kappa shape index (κ2) is 8.60. The predicted octanol–water partition coefficient (Wildman–Crippen LogP) is 2.41. The topological polar surface area (TPSA) is 56.4 Å². The minimum Gasteiger partial charge on any atom is -0.355 e. The lowest BCUT2D eigenvalue weighted by Crippen LogP contribution is -2.29. The highest BCUT2D eigenvalue weighted by Crippen LogP contribution is 2.13. The van der Waals surface area contributed by atoms with Crippen LogP contribution in [0.4, 0.5) is 11.4 Å². The van der Waals surface area contributed by atoms with E-state index in [1.54, 1.807) is 0 Å². The van der Waals surface area contributed by atoms with E-state index in [4.69, 9.17) is 23.8 Å². The zero-order valence-electron chi connectivity index (χ0n) is 11.6. The second-order valence-electron chi connectivity index (χ2n) is 4.37. The highest BCUT2D eigenvalue weighted by Gasteiger charge is 2.01. The van der Waals surface area contributed by atoms with E-state index in [1.807, 2.05) is 43.3 Å². The van der Waals surface area contributed by atoms with Gasteiger partial charge in [-0.05, 0) is 42.9 Å². The Kier molecular flexibility index (Phi) is 7.11. The van der Waals surface area contributed by atoms with Crippen LogP contribution in [0.25, 0.3) is 0 Å². The van der Waals surface area contributed by atoms with Crippen molar-refractivity contribution in [2.75, 3.05) is 30.7 Å². The van der Waals surface area contributed by atoms with E-state index in [0.29, 0.717) is 23.8 Å². The average molecular weight is 315 g/mol. The molecule has 0 aliphatic rings. The molecule has 0 unspecified atom stereocenters. The van der Waals surface area contributed by atoms with Gasteiger partial charge in [0.05, 0.1) is 5.69 Å². The summed E-state index contributed by atoms with van der Waals surface area (Å²) in [7, 11) is 3.75. The number of rotatable bonds is 6. The van der Waals surface area contributed by atoms with E-state index in [1.165, 1.54) is 0 Å². The standard InChI is InChI=1S/C13H19ClN4OS/c1-18(2)13(20)15-10-5-7-11(8-6-10)16-17-12(19)4-3-9-14/h5-8,16H,3-4,9H2,1-2H3,(H,15,20)(H,17,19). The molecule has 0 fully saturated rings. The van der Waals surface area contributed by atoms with E-state index in [9.17, 15) is 4.79 Å². The monoisotopic (exact) mass is 314 g/mol. The van der Waals surface area contributed by atoms with Gasteiger partial charge in [-0.1, -0.05) is 0 Å². The van der Waals surface area contributed by atoms with Crippen molar-refractivity contribution in [2.45, 2.75) is 12.8 Å². The van der Waals surface area contributed by atoms with Crippen molar-refractivity contribution in [3.8, 4) is 0 Å². The lowest BCUT2D eigenvalue weighted by Gasteiger charge is -2.15. The Morgan fingerprint density at radius 1 is 1.25 bits per heavy atom. The summed E-state index contributed by atoms with van der Waals surface area (Å²) in [6.45, 7) is 0. The van der Waals surface area contributed by atoms with Crippen LogP contribution in [0.3, 0.4) is 0 Å². The number of nitrogens with zero attached hydrogens (tertiary/aromatic N) is 1. The molecule has 0 aromatic heterocycles. The van der Waals surface area contributed by atoms with Gasteiger partial charge in [-0.2, -0.15) is 0 Å². The maximum absolute atomic E-state index is 11.4. The first-order chi connectivity index (χ1) is 9.52. The van der Waals surface area contributed by atoms with Crippen LogP contribution in [-0.2, 0) is 4.79 Å². The molecule has 110 valence electrons.